The molecule has 3 rings (SSSR count). The van der Waals surface area contributed by atoms with Crippen molar-refractivity contribution in [3.05, 3.63) is 35.4 Å². The number of benzene rings is 1. The first-order valence-corrected chi connectivity index (χ1v) is 8.16. The van der Waals surface area contributed by atoms with E-state index in [-0.39, 0.29) is 0 Å². The normalized spacial score (nSPS) is 11.4. The molecule has 0 aliphatic carbocycles. The van der Waals surface area contributed by atoms with Crippen LogP contribution in [0.1, 0.15) is 5.82 Å². The van der Waals surface area contributed by atoms with Crippen molar-refractivity contribution in [1.29, 1.82) is 0 Å². The molecule has 0 unspecified atom stereocenters. The minimum atomic E-state index is 0.635. The summed E-state index contributed by atoms with van der Waals surface area (Å²) in [7, 11) is 3.69. The van der Waals surface area contributed by atoms with Crippen LogP contribution in [0.4, 0.5) is 0 Å². The monoisotopic (exact) mass is 337 g/mol. The van der Waals surface area contributed by atoms with Crippen molar-refractivity contribution in [1.82, 2.24) is 24.3 Å². The zero-order valence-corrected chi connectivity index (χ0v) is 13.9. The second-order valence-corrected chi connectivity index (χ2v) is 6.19. The lowest BCUT2D eigenvalue weighted by Gasteiger charge is -2.05. The summed E-state index contributed by atoms with van der Waals surface area (Å²) in [5, 5.41) is 9.66. The van der Waals surface area contributed by atoms with Crippen molar-refractivity contribution in [2.24, 2.45) is 7.05 Å². The van der Waals surface area contributed by atoms with Crippen LogP contribution in [0.5, 0.6) is 0 Å². The van der Waals surface area contributed by atoms with Gasteiger partial charge in [0.05, 0.1) is 23.4 Å². The summed E-state index contributed by atoms with van der Waals surface area (Å²) in [5.74, 6) is 1.69. The zero-order valence-electron chi connectivity index (χ0n) is 12.4. The number of thioether (sulfide) groups is 1. The Balaban J connectivity index is 1.77. The van der Waals surface area contributed by atoms with Crippen molar-refractivity contribution in [2.75, 3.05) is 13.7 Å². The predicted octanol–water partition coefficient (Wildman–Crippen LogP) is 2.76. The first-order valence-electron chi connectivity index (χ1n) is 6.79. The van der Waals surface area contributed by atoms with Gasteiger partial charge in [0.25, 0.3) is 0 Å². The number of ether oxygens (including phenoxy) is 1. The van der Waals surface area contributed by atoms with E-state index in [1.54, 1.807) is 25.2 Å². The van der Waals surface area contributed by atoms with E-state index in [0.29, 0.717) is 17.4 Å². The maximum Gasteiger partial charge on any atom is 0.191 e. The van der Waals surface area contributed by atoms with Gasteiger partial charge < -0.3 is 13.9 Å². The smallest absolute Gasteiger partial charge is 0.191 e. The van der Waals surface area contributed by atoms with Crippen LogP contribution in [0, 0.1) is 0 Å². The lowest BCUT2D eigenvalue weighted by molar-refractivity contribution is 0.184. The maximum atomic E-state index is 6.02. The van der Waals surface area contributed by atoms with E-state index < -0.39 is 0 Å². The van der Waals surface area contributed by atoms with Crippen LogP contribution in [0.25, 0.3) is 11.0 Å². The largest absolute Gasteiger partial charge is 0.383 e. The van der Waals surface area contributed by atoms with Gasteiger partial charge in [-0.1, -0.05) is 23.4 Å². The van der Waals surface area contributed by atoms with Crippen molar-refractivity contribution < 1.29 is 4.74 Å². The molecule has 0 atom stereocenters. The van der Waals surface area contributed by atoms with E-state index in [4.69, 9.17) is 16.3 Å². The number of hydrogen-bond donors (Lipinski definition) is 0. The highest BCUT2D eigenvalue weighted by Crippen LogP contribution is 2.24. The van der Waals surface area contributed by atoms with Crippen molar-refractivity contribution in [3.63, 3.8) is 0 Å². The molecule has 0 saturated carbocycles. The number of halogens is 1. The molecule has 0 aliphatic heterocycles. The summed E-state index contributed by atoms with van der Waals surface area (Å²) in [6, 6.07) is 5.75. The molecule has 0 spiro atoms. The summed E-state index contributed by atoms with van der Waals surface area (Å²) >= 11 is 7.63. The van der Waals surface area contributed by atoms with E-state index in [0.717, 1.165) is 28.6 Å². The van der Waals surface area contributed by atoms with Crippen LogP contribution < -0.4 is 0 Å². The number of methoxy groups -OCH3 is 1. The van der Waals surface area contributed by atoms with Crippen LogP contribution in [0.15, 0.2) is 29.7 Å². The van der Waals surface area contributed by atoms with Crippen LogP contribution in [-0.2, 0) is 24.1 Å². The molecule has 0 N–H and O–H groups in total. The maximum absolute atomic E-state index is 6.02. The molecule has 0 bridgehead atoms. The first-order chi connectivity index (χ1) is 10.7. The van der Waals surface area contributed by atoms with E-state index in [9.17, 15) is 0 Å². The van der Waals surface area contributed by atoms with Gasteiger partial charge in [-0.2, -0.15) is 0 Å². The highest BCUT2D eigenvalue weighted by Gasteiger charge is 2.11. The topological polar surface area (TPSA) is 57.8 Å². The summed E-state index contributed by atoms with van der Waals surface area (Å²) in [6.45, 7) is 1.38. The van der Waals surface area contributed by atoms with Gasteiger partial charge in [-0.15, -0.1) is 10.2 Å². The molecule has 0 saturated heterocycles. The predicted molar refractivity (Wildman–Crippen MR) is 87.2 cm³/mol. The average Bonchev–Trinajstić information content (AvgIpc) is 3.07. The quantitative estimate of drug-likeness (QED) is 0.647. The highest BCUT2D eigenvalue weighted by molar-refractivity contribution is 7.98. The third kappa shape index (κ3) is 3.11. The Kier molecular flexibility index (Phi) is 4.66. The highest BCUT2D eigenvalue weighted by atomic mass is 35.5. The van der Waals surface area contributed by atoms with E-state index >= 15 is 0 Å². The number of imidazole rings is 1. The van der Waals surface area contributed by atoms with E-state index in [2.05, 4.69) is 19.7 Å². The lowest BCUT2D eigenvalue weighted by Crippen LogP contribution is -2.05. The van der Waals surface area contributed by atoms with Crippen LogP contribution in [-0.4, -0.2) is 38.0 Å². The minimum Gasteiger partial charge on any atom is -0.383 e. The number of fused-ring (bicyclic) bond motifs is 1. The van der Waals surface area contributed by atoms with Gasteiger partial charge in [-0.25, -0.2) is 4.98 Å². The Hall–Kier alpha value is -1.57. The molecule has 1 aromatic carbocycles. The molecular weight excluding hydrogens is 322 g/mol. The van der Waals surface area contributed by atoms with Gasteiger partial charge in [0.2, 0.25) is 0 Å². The summed E-state index contributed by atoms with van der Waals surface area (Å²) in [4.78, 5) is 4.64. The molecule has 116 valence electrons. The Bertz CT molecular complexity index is 785. The van der Waals surface area contributed by atoms with Crippen LogP contribution >= 0.6 is 23.4 Å². The van der Waals surface area contributed by atoms with Crippen LogP contribution in [0.3, 0.4) is 0 Å². The van der Waals surface area contributed by atoms with Crippen molar-refractivity contribution in [3.8, 4) is 0 Å². The molecular formula is C14H16ClN5OS. The standard InChI is InChI=1S/C14H16ClN5OS/c1-19-12-4-3-10(15)7-11(12)17-13(19)8-22-14-18-16-9-20(14)5-6-21-2/h3-4,7,9H,5-6,8H2,1-2H3. The third-order valence-corrected chi connectivity index (χ3v) is 4.59. The second-order valence-electron chi connectivity index (χ2n) is 4.81. The van der Waals surface area contributed by atoms with Gasteiger partial charge in [0.15, 0.2) is 5.16 Å². The number of hydrogen-bond acceptors (Lipinski definition) is 5. The Morgan fingerprint density at radius 3 is 3.05 bits per heavy atom. The van der Waals surface area contributed by atoms with E-state index in [1.807, 2.05) is 29.8 Å². The molecule has 6 nitrogen and oxygen atoms in total. The summed E-state index contributed by atoms with van der Waals surface area (Å²) < 4.78 is 9.15. The summed E-state index contributed by atoms with van der Waals surface area (Å²) in [6.07, 6.45) is 1.72. The second kappa shape index (κ2) is 6.68. The Morgan fingerprint density at radius 1 is 1.36 bits per heavy atom. The number of aromatic nitrogens is 5. The SMILES string of the molecule is COCCn1cnnc1SCc1nc2cc(Cl)ccc2n1C. The lowest BCUT2D eigenvalue weighted by atomic mass is 10.3. The number of nitrogens with zero attached hydrogens (tertiary/aromatic N) is 5. The van der Waals surface area contributed by atoms with Gasteiger partial charge in [0.1, 0.15) is 12.2 Å². The first kappa shape index (κ1) is 15.3. The molecule has 8 heteroatoms. The average molecular weight is 338 g/mol. The zero-order chi connectivity index (χ0) is 15.5. The van der Waals surface area contributed by atoms with E-state index in [1.165, 1.54) is 0 Å². The molecule has 2 heterocycles. The fourth-order valence-electron chi connectivity index (χ4n) is 2.18. The number of aryl methyl sites for hydroxylation is 1. The van der Waals surface area contributed by atoms with Gasteiger partial charge in [-0.3, -0.25) is 0 Å². The molecule has 0 aliphatic rings. The molecule has 0 amide bonds. The van der Waals surface area contributed by atoms with Gasteiger partial charge in [0, 0.05) is 25.7 Å². The molecule has 2 aromatic heterocycles. The molecule has 22 heavy (non-hydrogen) atoms. The minimum absolute atomic E-state index is 0.635. The molecule has 0 fully saturated rings. The Labute approximate surface area is 137 Å². The van der Waals surface area contributed by atoms with Gasteiger partial charge >= 0.3 is 0 Å². The molecule has 0 radical (unpaired) electrons. The number of rotatable bonds is 6. The van der Waals surface area contributed by atoms with Gasteiger partial charge in [-0.05, 0) is 18.2 Å². The summed E-state index contributed by atoms with van der Waals surface area (Å²) in [5.41, 5.74) is 1.98. The van der Waals surface area contributed by atoms with Crippen LogP contribution in [0.2, 0.25) is 5.02 Å². The van der Waals surface area contributed by atoms with Crippen molar-refractivity contribution >= 4 is 34.4 Å². The Morgan fingerprint density at radius 2 is 2.23 bits per heavy atom. The fourth-order valence-corrected chi connectivity index (χ4v) is 3.27. The third-order valence-electron chi connectivity index (χ3n) is 3.38. The molecule has 3 aromatic rings. The fraction of sp³-hybridized carbons (Fsp3) is 0.357. The van der Waals surface area contributed by atoms with Crippen molar-refractivity contribution in [2.45, 2.75) is 17.5 Å².